The van der Waals surface area contributed by atoms with Crippen LogP contribution in [0.2, 0.25) is 10.0 Å². The topological polar surface area (TPSA) is 91.4 Å². The number of methoxy groups -OCH3 is 2. The molecule has 3 aromatic carbocycles. The number of carbonyl (C=O) groups is 3. The van der Waals surface area contributed by atoms with Crippen LogP contribution in [-0.2, 0) is 4.79 Å². The van der Waals surface area contributed by atoms with E-state index < -0.39 is 17.1 Å². The maximum absolute atomic E-state index is 12.9. The number of ether oxygens (including phenoxy) is 4. The summed E-state index contributed by atoms with van der Waals surface area (Å²) in [6.07, 6.45) is 1.51. The van der Waals surface area contributed by atoms with Crippen molar-refractivity contribution >= 4 is 58.2 Å². The summed E-state index contributed by atoms with van der Waals surface area (Å²) in [7, 11) is 2.91. The highest BCUT2D eigenvalue weighted by Crippen LogP contribution is 2.39. The van der Waals surface area contributed by atoms with Crippen LogP contribution in [0.5, 0.6) is 23.0 Å². The number of rotatable bonds is 9. The number of benzene rings is 3. The highest BCUT2D eigenvalue weighted by Gasteiger charge is 2.35. The van der Waals surface area contributed by atoms with Gasteiger partial charge in [-0.25, -0.2) is 4.79 Å². The average Bonchev–Trinajstić information content (AvgIpc) is 3.17. The lowest BCUT2D eigenvalue weighted by atomic mass is 10.1. The monoisotopic (exact) mass is 573 g/mol. The number of nitrogens with zero attached hydrogens (tertiary/aromatic N) is 1. The van der Waals surface area contributed by atoms with Crippen molar-refractivity contribution < 1.29 is 33.3 Å². The third kappa shape index (κ3) is 6.07. The zero-order valence-corrected chi connectivity index (χ0v) is 22.6. The lowest BCUT2D eigenvalue weighted by Gasteiger charge is -2.14. The molecule has 1 fully saturated rings. The third-order valence-electron chi connectivity index (χ3n) is 5.35. The van der Waals surface area contributed by atoms with Gasteiger partial charge >= 0.3 is 5.97 Å². The van der Waals surface area contributed by atoms with Crippen LogP contribution in [-0.4, -0.2) is 49.4 Å². The summed E-state index contributed by atoms with van der Waals surface area (Å²) in [4.78, 5) is 39.3. The molecule has 196 valence electrons. The number of hydrogen-bond acceptors (Lipinski definition) is 8. The molecule has 1 aliphatic rings. The summed E-state index contributed by atoms with van der Waals surface area (Å²) in [5.41, 5.74) is 0.639. The molecule has 0 N–H and O–H groups in total. The Morgan fingerprint density at radius 1 is 0.921 bits per heavy atom. The van der Waals surface area contributed by atoms with Crippen LogP contribution in [0.15, 0.2) is 65.6 Å². The first-order valence-corrected chi connectivity index (χ1v) is 12.7. The number of thioether (sulfide) groups is 1. The molecule has 0 atom stereocenters. The van der Waals surface area contributed by atoms with E-state index >= 15 is 0 Å². The van der Waals surface area contributed by atoms with Gasteiger partial charge in [-0.15, -0.1) is 0 Å². The summed E-state index contributed by atoms with van der Waals surface area (Å²) in [6.45, 7) is 0.151. The molecule has 0 aliphatic carbocycles. The fourth-order valence-corrected chi connectivity index (χ4v) is 4.86. The molecule has 3 aromatic rings. The Balaban J connectivity index is 1.48. The molecule has 38 heavy (non-hydrogen) atoms. The van der Waals surface area contributed by atoms with Crippen molar-refractivity contribution in [3.8, 4) is 23.0 Å². The van der Waals surface area contributed by atoms with Crippen molar-refractivity contribution in [2.24, 2.45) is 0 Å². The van der Waals surface area contributed by atoms with Gasteiger partial charge in [-0.05, 0) is 59.8 Å². The molecular formula is C27H21Cl2NO7S. The first-order chi connectivity index (χ1) is 18.3. The second-order valence-electron chi connectivity index (χ2n) is 7.74. The minimum absolute atomic E-state index is 0.00201. The Labute approximate surface area is 233 Å². The van der Waals surface area contributed by atoms with E-state index in [1.807, 2.05) is 6.07 Å². The number of imide groups is 1. The first kappa shape index (κ1) is 27.4. The minimum atomic E-state index is -0.708. The molecule has 1 saturated heterocycles. The van der Waals surface area contributed by atoms with Crippen molar-refractivity contribution in [3.05, 3.63) is 86.7 Å². The van der Waals surface area contributed by atoms with Crippen molar-refractivity contribution in [1.82, 2.24) is 4.90 Å². The summed E-state index contributed by atoms with van der Waals surface area (Å²) in [5.74, 6) is 0.0438. The summed E-state index contributed by atoms with van der Waals surface area (Å²) in [5, 5.41) is -0.123. The molecule has 2 amide bonds. The number of amides is 2. The van der Waals surface area contributed by atoms with E-state index in [1.54, 1.807) is 42.5 Å². The van der Waals surface area contributed by atoms with Gasteiger partial charge in [0.25, 0.3) is 11.1 Å². The van der Waals surface area contributed by atoms with E-state index in [9.17, 15) is 14.4 Å². The molecule has 0 radical (unpaired) electrons. The predicted molar refractivity (Wildman–Crippen MR) is 146 cm³/mol. The Morgan fingerprint density at radius 2 is 1.61 bits per heavy atom. The molecule has 4 rings (SSSR count). The van der Waals surface area contributed by atoms with Crippen molar-refractivity contribution in [2.45, 2.75) is 0 Å². The van der Waals surface area contributed by atoms with Gasteiger partial charge in [-0.1, -0.05) is 47.5 Å². The fraction of sp³-hybridized carbons (Fsp3) is 0.148. The molecule has 0 unspecified atom stereocenters. The van der Waals surface area contributed by atoms with Crippen LogP contribution >= 0.6 is 35.0 Å². The Morgan fingerprint density at radius 3 is 2.32 bits per heavy atom. The molecule has 0 saturated carbocycles. The van der Waals surface area contributed by atoms with Crippen LogP contribution in [0.1, 0.15) is 15.9 Å². The quantitative estimate of drug-likeness (QED) is 0.166. The van der Waals surface area contributed by atoms with Crippen LogP contribution in [0.3, 0.4) is 0 Å². The molecule has 1 aliphatic heterocycles. The van der Waals surface area contributed by atoms with E-state index in [0.29, 0.717) is 17.1 Å². The minimum Gasteiger partial charge on any atom is -0.493 e. The van der Waals surface area contributed by atoms with E-state index in [4.69, 9.17) is 42.1 Å². The molecule has 11 heteroatoms. The standard InChI is InChI=1S/C27H21Cl2NO7S/c1-34-20-9-5-6-10-21(20)36-12-11-30-25(31)23(38-27(30)33)15-16-13-19(29)24(22(14-16)35-2)37-26(32)17-7-3-4-8-18(17)28/h3-10,13-15H,11-12H2,1-2H3/b23-15-. The summed E-state index contributed by atoms with van der Waals surface area (Å²) < 4.78 is 21.7. The maximum atomic E-state index is 12.9. The van der Waals surface area contributed by atoms with Gasteiger partial charge in [-0.3, -0.25) is 14.5 Å². The zero-order valence-electron chi connectivity index (χ0n) is 20.2. The smallest absolute Gasteiger partial charge is 0.345 e. The molecule has 1 heterocycles. The average molecular weight is 574 g/mol. The van der Waals surface area contributed by atoms with E-state index in [2.05, 4.69) is 0 Å². The van der Waals surface area contributed by atoms with Crippen LogP contribution < -0.4 is 18.9 Å². The lowest BCUT2D eigenvalue weighted by molar-refractivity contribution is -0.123. The number of esters is 1. The van der Waals surface area contributed by atoms with Crippen molar-refractivity contribution in [1.29, 1.82) is 0 Å². The molecule has 0 bridgehead atoms. The van der Waals surface area contributed by atoms with Crippen molar-refractivity contribution in [2.75, 3.05) is 27.4 Å². The van der Waals surface area contributed by atoms with Gasteiger partial charge in [0, 0.05) is 0 Å². The highest BCUT2D eigenvalue weighted by atomic mass is 35.5. The Hall–Kier alpha value is -3.66. The van der Waals surface area contributed by atoms with Gasteiger partial charge in [0.15, 0.2) is 23.0 Å². The lowest BCUT2D eigenvalue weighted by Crippen LogP contribution is -2.32. The van der Waals surface area contributed by atoms with Gasteiger partial charge in [0.2, 0.25) is 0 Å². The maximum Gasteiger partial charge on any atom is 0.345 e. The van der Waals surface area contributed by atoms with Crippen LogP contribution in [0, 0.1) is 0 Å². The summed E-state index contributed by atoms with van der Waals surface area (Å²) >= 11 is 13.3. The predicted octanol–water partition coefficient (Wildman–Crippen LogP) is 6.35. The second kappa shape index (κ2) is 12.3. The largest absolute Gasteiger partial charge is 0.493 e. The van der Waals surface area contributed by atoms with Crippen LogP contribution in [0.4, 0.5) is 4.79 Å². The number of carbonyl (C=O) groups excluding carboxylic acids is 3. The Bertz CT molecular complexity index is 1430. The van der Waals surface area contributed by atoms with Crippen LogP contribution in [0.25, 0.3) is 6.08 Å². The fourth-order valence-electron chi connectivity index (χ4n) is 3.53. The number of para-hydroxylation sites is 2. The Kier molecular flexibility index (Phi) is 8.83. The van der Waals surface area contributed by atoms with E-state index in [1.165, 1.54) is 32.4 Å². The zero-order chi connectivity index (χ0) is 27.2. The van der Waals surface area contributed by atoms with Gasteiger partial charge in [0.1, 0.15) is 6.61 Å². The molecule has 0 aromatic heterocycles. The normalized spacial score (nSPS) is 14.1. The second-order valence-corrected chi connectivity index (χ2v) is 9.54. The number of halogens is 2. The highest BCUT2D eigenvalue weighted by molar-refractivity contribution is 8.18. The molecule has 0 spiro atoms. The molecule has 8 nitrogen and oxygen atoms in total. The van der Waals surface area contributed by atoms with E-state index in [0.717, 1.165) is 16.7 Å². The van der Waals surface area contributed by atoms with Gasteiger partial charge in [-0.2, -0.15) is 0 Å². The summed E-state index contributed by atoms with van der Waals surface area (Å²) in [6, 6.07) is 16.6. The number of hydrogen-bond donors (Lipinski definition) is 0. The van der Waals surface area contributed by atoms with Gasteiger partial charge < -0.3 is 18.9 Å². The van der Waals surface area contributed by atoms with Crippen molar-refractivity contribution in [3.63, 3.8) is 0 Å². The first-order valence-electron chi connectivity index (χ1n) is 11.2. The third-order valence-corrected chi connectivity index (χ3v) is 6.87. The molecular weight excluding hydrogens is 553 g/mol. The SMILES string of the molecule is COc1ccccc1OCCN1C(=O)S/C(=C\c2cc(Cl)c(OC(=O)c3ccccc3Cl)c(OC)c2)C1=O. The van der Waals surface area contributed by atoms with Gasteiger partial charge in [0.05, 0.1) is 41.3 Å². The van der Waals surface area contributed by atoms with E-state index in [-0.39, 0.29) is 45.2 Å².